The molecule has 1 heterocycles. The van der Waals surface area contributed by atoms with E-state index in [1.54, 1.807) is 0 Å². The minimum Gasteiger partial charge on any atom is -0.481 e. The molecule has 14 nitrogen and oxygen atoms in total. The van der Waals surface area contributed by atoms with Crippen LogP contribution in [0.3, 0.4) is 0 Å². The number of amides is 3. The van der Waals surface area contributed by atoms with Crippen LogP contribution in [0.25, 0.3) is 0 Å². The Morgan fingerprint density at radius 3 is 2.12 bits per heavy atom. The van der Waals surface area contributed by atoms with Gasteiger partial charge < -0.3 is 42.0 Å². The van der Waals surface area contributed by atoms with Gasteiger partial charge in [0, 0.05) is 24.7 Å². The van der Waals surface area contributed by atoms with Crippen molar-refractivity contribution in [2.45, 2.75) is 63.4 Å². The highest BCUT2D eigenvalue weighted by atomic mass is 16.4. The van der Waals surface area contributed by atoms with Crippen LogP contribution in [-0.2, 0) is 30.4 Å². The van der Waals surface area contributed by atoms with E-state index in [-0.39, 0.29) is 12.8 Å². The summed E-state index contributed by atoms with van der Waals surface area (Å²) in [7, 11) is 0. The number of aromatic amines is 1. The summed E-state index contributed by atoms with van der Waals surface area (Å²) >= 11 is 0. The van der Waals surface area contributed by atoms with Crippen LogP contribution in [0.15, 0.2) is 12.5 Å². The van der Waals surface area contributed by atoms with Gasteiger partial charge in [0.2, 0.25) is 17.7 Å². The van der Waals surface area contributed by atoms with E-state index in [0.717, 1.165) is 0 Å². The van der Waals surface area contributed by atoms with E-state index in [2.05, 4.69) is 25.9 Å². The Morgan fingerprint density at radius 1 is 1.03 bits per heavy atom. The minimum absolute atomic E-state index is 0.0866. The molecule has 0 saturated carbocycles. The van der Waals surface area contributed by atoms with Crippen molar-refractivity contribution in [3.05, 3.63) is 18.2 Å². The zero-order valence-corrected chi connectivity index (χ0v) is 17.6. The third-order valence-corrected chi connectivity index (χ3v) is 4.44. The summed E-state index contributed by atoms with van der Waals surface area (Å²) in [6.07, 6.45) is 0.641. The lowest BCUT2D eigenvalue weighted by Crippen LogP contribution is -2.58. The molecule has 5 unspecified atom stereocenters. The van der Waals surface area contributed by atoms with Crippen molar-refractivity contribution in [3.63, 3.8) is 0 Å². The summed E-state index contributed by atoms with van der Waals surface area (Å²) in [5.74, 6) is -5.10. The highest BCUT2D eigenvalue weighted by Crippen LogP contribution is 2.04. The lowest BCUT2D eigenvalue weighted by Gasteiger charge is -2.24. The number of rotatable bonds is 13. The van der Waals surface area contributed by atoms with Crippen LogP contribution in [0.1, 0.15) is 32.4 Å². The number of carboxylic acid groups (broad SMARTS) is 2. The molecule has 0 fully saturated rings. The van der Waals surface area contributed by atoms with Crippen LogP contribution in [0, 0.1) is 0 Å². The number of nitrogens with two attached hydrogens (primary N) is 1. The van der Waals surface area contributed by atoms with Gasteiger partial charge in [0.15, 0.2) is 0 Å². The fraction of sp³-hybridized carbons (Fsp3) is 0.556. The minimum atomic E-state index is -1.38. The Morgan fingerprint density at radius 2 is 1.62 bits per heavy atom. The van der Waals surface area contributed by atoms with Crippen molar-refractivity contribution in [3.8, 4) is 0 Å². The number of aliphatic carboxylic acids is 2. The molecule has 1 rings (SSSR count). The Kier molecular flexibility index (Phi) is 10.2. The van der Waals surface area contributed by atoms with Crippen molar-refractivity contribution in [2.24, 2.45) is 5.73 Å². The number of H-pyrrole nitrogens is 1. The van der Waals surface area contributed by atoms with Crippen LogP contribution >= 0.6 is 0 Å². The van der Waals surface area contributed by atoms with E-state index >= 15 is 0 Å². The molecule has 0 aliphatic heterocycles. The lowest BCUT2D eigenvalue weighted by molar-refractivity contribution is -0.141. The maximum atomic E-state index is 12.8. The molecule has 14 heteroatoms. The van der Waals surface area contributed by atoms with Crippen LogP contribution in [0.2, 0.25) is 0 Å². The number of carboxylic acids is 2. The average molecular weight is 456 g/mol. The highest BCUT2D eigenvalue weighted by Gasteiger charge is 2.30. The van der Waals surface area contributed by atoms with Crippen LogP contribution in [0.5, 0.6) is 0 Å². The van der Waals surface area contributed by atoms with Crippen molar-refractivity contribution in [1.82, 2.24) is 25.9 Å². The summed E-state index contributed by atoms with van der Waals surface area (Å²) in [4.78, 5) is 66.1. The number of aromatic nitrogens is 2. The molecular weight excluding hydrogens is 428 g/mol. The maximum absolute atomic E-state index is 12.8. The third-order valence-electron chi connectivity index (χ3n) is 4.44. The Labute approximate surface area is 183 Å². The largest absolute Gasteiger partial charge is 0.481 e. The Hall–Kier alpha value is -3.52. The zero-order valence-electron chi connectivity index (χ0n) is 17.6. The molecule has 0 radical (unpaired) electrons. The fourth-order valence-electron chi connectivity index (χ4n) is 2.50. The van der Waals surface area contributed by atoms with Gasteiger partial charge in [-0.3, -0.25) is 24.0 Å². The number of nitrogens with zero attached hydrogens (tertiary/aromatic N) is 1. The Balaban J connectivity index is 3.02. The van der Waals surface area contributed by atoms with Gasteiger partial charge in [-0.1, -0.05) is 0 Å². The molecule has 0 aromatic carbocycles. The van der Waals surface area contributed by atoms with E-state index in [4.69, 9.17) is 15.9 Å². The molecule has 0 aliphatic rings. The number of hydrogen-bond donors (Lipinski definition) is 8. The van der Waals surface area contributed by atoms with Crippen LogP contribution in [-0.4, -0.2) is 85.2 Å². The van der Waals surface area contributed by atoms with Crippen molar-refractivity contribution in [2.75, 3.05) is 0 Å². The number of imidazole rings is 1. The zero-order chi connectivity index (χ0) is 24.4. The number of hydrogen-bond acceptors (Lipinski definition) is 8. The summed E-state index contributed by atoms with van der Waals surface area (Å²) < 4.78 is 0. The number of nitrogens with one attached hydrogen (secondary N) is 4. The van der Waals surface area contributed by atoms with E-state index in [0.29, 0.717) is 5.69 Å². The van der Waals surface area contributed by atoms with Crippen molar-refractivity contribution >= 4 is 29.7 Å². The molecule has 9 N–H and O–H groups in total. The maximum Gasteiger partial charge on any atom is 0.325 e. The third kappa shape index (κ3) is 8.69. The first kappa shape index (κ1) is 26.5. The molecule has 0 aliphatic carbocycles. The van der Waals surface area contributed by atoms with Crippen molar-refractivity contribution < 1.29 is 39.3 Å². The molecule has 5 atom stereocenters. The van der Waals surface area contributed by atoms with Gasteiger partial charge in [0.05, 0.1) is 12.4 Å². The normalized spacial score (nSPS) is 15.5. The first-order chi connectivity index (χ1) is 14.9. The van der Waals surface area contributed by atoms with E-state index < -0.39 is 66.4 Å². The predicted molar refractivity (Wildman–Crippen MR) is 108 cm³/mol. The summed E-state index contributed by atoms with van der Waals surface area (Å²) in [6.45, 7) is 2.51. The number of aliphatic hydroxyl groups excluding tert-OH is 1. The molecule has 1 aromatic heterocycles. The average Bonchev–Trinajstić information content (AvgIpc) is 3.22. The summed E-state index contributed by atoms with van der Waals surface area (Å²) in [5.41, 5.74) is 6.00. The van der Waals surface area contributed by atoms with Gasteiger partial charge in [-0.25, -0.2) is 4.98 Å². The van der Waals surface area contributed by atoms with Crippen LogP contribution in [0.4, 0.5) is 0 Å². The standard InChI is InChI=1S/C18H28N6O8/c1-8(18(31)32)22-16(29)12(5-10-6-20-7-21-10)24-15(28)11(3-4-13(26)27)23-17(30)14(19)9(2)25/h6-9,11-12,14,25H,3-5,19H2,1-2H3,(H,20,21)(H,22,29)(H,23,30)(H,24,28)(H,26,27)(H,31,32). The molecule has 0 saturated heterocycles. The van der Waals surface area contributed by atoms with E-state index in [9.17, 15) is 29.1 Å². The fourth-order valence-corrected chi connectivity index (χ4v) is 2.50. The second-order valence-electron chi connectivity index (χ2n) is 7.17. The first-order valence-electron chi connectivity index (χ1n) is 9.69. The second kappa shape index (κ2) is 12.4. The lowest BCUT2D eigenvalue weighted by atomic mass is 10.1. The Bertz CT molecular complexity index is 812. The van der Waals surface area contributed by atoms with Gasteiger partial charge >= 0.3 is 11.9 Å². The number of carbonyl (C=O) groups excluding carboxylic acids is 3. The topological polar surface area (TPSA) is 237 Å². The molecule has 3 amide bonds. The number of aliphatic hydroxyl groups is 1. The SMILES string of the molecule is CC(NC(=O)C(Cc1cnc[nH]1)NC(=O)C(CCC(=O)O)NC(=O)C(N)C(C)O)C(=O)O. The van der Waals surface area contributed by atoms with E-state index in [1.807, 2.05) is 0 Å². The quantitative estimate of drug-likeness (QED) is 0.150. The smallest absolute Gasteiger partial charge is 0.325 e. The molecule has 0 spiro atoms. The predicted octanol–water partition coefficient (Wildman–Crippen LogP) is -2.92. The van der Waals surface area contributed by atoms with Gasteiger partial charge in [-0.2, -0.15) is 0 Å². The van der Waals surface area contributed by atoms with Gasteiger partial charge in [0.25, 0.3) is 0 Å². The van der Waals surface area contributed by atoms with E-state index in [1.165, 1.54) is 26.4 Å². The number of carbonyl (C=O) groups is 5. The van der Waals surface area contributed by atoms with Gasteiger partial charge in [-0.05, 0) is 20.3 Å². The summed E-state index contributed by atoms with van der Waals surface area (Å²) in [5, 5.41) is 34.3. The first-order valence-corrected chi connectivity index (χ1v) is 9.69. The van der Waals surface area contributed by atoms with Gasteiger partial charge in [-0.15, -0.1) is 0 Å². The second-order valence-corrected chi connectivity index (χ2v) is 7.17. The van der Waals surface area contributed by atoms with Crippen LogP contribution < -0.4 is 21.7 Å². The van der Waals surface area contributed by atoms with Gasteiger partial charge in [0.1, 0.15) is 24.2 Å². The summed E-state index contributed by atoms with van der Waals surface area (Å²) in [6, 6.07) is -5.25. The molecular formula is C18H28N6O8. The van der Waals surface area contributed by atoms with Crippen molar-refractivity contribution in [1.29, 1.82) is 0 Å². The molecule has 1 aromatic rings. The molecule has 0 bridgehead atoms. The molecule has 32 heavy (non-hydrogen) atoms. The monoisotopic (exact) mass is 456 g/mol. The highest BCUT2D eigenvalue weighted by molar-refractivity contribution is 5.94. The molecule has 178 valence electrons.